The number of ketones is 1. The molecule has 0 aromatic carbocycles. The zero-order valence-corrected chi connectivity index (χ0v) is 68.5. The van der Waals surface area contributed by atoms with Crippen molar-refractivity contribution in [2.45, 2.75) is 370 Å². The molecule has 11 unspecified atom stereocenters. The predicted octanol–water partition coefficient (Wildman–Crippen LogP) is 18.2. The Bertz CT molecular complexity index is 2360. The second kappa shape index (κ2) is 30.8. The molecular formula is C70H131IO13Si5. The van der Waals surface area contributed by atoms with Crippen molar-refractivity contribution >= 4 is 76.2 Å². The topological polar surface area (TPSA) is 136 Å². The van der Waals surface area contributed by atoms with Crippen LogP contribution in [0.4, 0.5) is 0 Å². The summed E-state index contributed by atoms with van der Waals surface area (Å²) in [5.74, 6) is 0.0514. The molecule has 0 radical (unpaired) electrons. The highest BCUT2D eigenvalue weighted by Crippen LogP contribution is 2.50. The lowest BCUT2D eigenvalue weighted by Crippen LogP contribution is -2.69. The van der Waals surface area contributed by atoms with E-state index in [9.17, 15) is 4.79 Å². The number of hydrogen-bond acceptors (Lipinski definition) is 13. The van der Waals surface area contributed by atoms with Crippen LogP contribution in [-0.4, -0.2) is 159 Å². The Morgan fingerprint density at radius 2 is 1.18 bits per heavy atom. The van der Waals surface area contributed by atoms with E-state index in [0.717, 1.165) is 49.5 Å². The van der Waals surface area contributed by atoms with Gasteiger partial charge in [-0.1, -0.05) is 147 Å². The first-order valence-corrected chi connectivity index (χ1v) is 50.0. The molecule has 89 heavy (non-hydrogen) atoms. The van der Waals surface area contributed by atoms with Gasteiger partial charge in [-0.25, -0.2) is 0 Å². The number of hydrogen-bond donors (Lipinski definition) is 0. The van der Waals surface area contributed by atoms with E-state index >= 15 is 4.79 Å². The van der Waals surface area contributed by atoms with Crippen molar-refractivity contribution in [1.82, 2.24) is 0 Å². The van der Waals surface area contributed by atoms with Gasteiger partial charge in [-0.15, -0.1) is 0 Å². The maximum absolute atomic E-state index is 15.4. The SMILES string of the molecule is C=C1CC(CCC=O)OC1CCC1C[C@@H](C)C(=C)C(CC2O[C@H](CC(CO[Si](C)(C)C(C)(C)C)O[Si](C)(C)C(C)(C)C)[C@H](OC)C2CC(=O)CC2CC[C@@H]3OC([C@H](/C=C/I)O[Si](C)(C)C(C)(C)C)C(O[Si](C)(C)C(C)(C)C)C(O[Si](C)(C)C(C)(C)C)[C@H]3O2)O1. The van der Waals surface area contributed by atoms with Gasteiger partial charge in [0.1, 0.15) is 36.5 Å². The lowest BCUT2D eigenvalue weighted by atomic mass is 9.81. The van der Waals surface area contributed by atoms with Crippen LogP contribution in [-0.2, 0) is 60.1 Å². The fraction of sp³-hybridized carbons (Fsp3) is 0.886. The lowest BCUT2D eigenvalue weighted by molar-refractivity contribution is -0.266. The monoisotopic (exact) mass is 1450 g/mol. The molecule has 17 atom stereocenters. The Labute approximate surface area is 562 Å². The first kappa shape index (κ1) is 79.6. The zero-order valence-electron chi connectivity index (χ0n) is 61.3. The summed E-state index contributed by atoms with van der Waals surface area (Å²) >= 11 is 2.32. The molecule has 5 heterocycles. The first-order chi connectivity index (χ1) is 40.5. The van der Waals surface area contributed by atoms with Gasteiger partial charge in [-0.05, 0) is 163 Å². The van der Waals surface area contributed by atoms with Crippen LogP contribution >= 0.6 is 22.6 Å². The minimum Gasteiger partial charge on any atom is -0.414 e. The van der Waals surface area contributed by atoms with Crippen molar-refractivity contribution in [3.63, 3.8) is 0 Å². The quantitative estimate of drug-likeness (QED) is 0.0318. The van der Waals surface area contributed by atoms with E-state index in [1.807, 2.05) is 0 Å². The van der Waals surface area contributed by atoms with E-state index in [1.165, 1.54) is 0 Å². The predicted molar refractivity (Wildman–Crippen MR) is 386 cm³/mol. The van der Waals surface area contributed by atoms with Crippen LogP contribution in [0, 0.1) is 11.8 Å². The van der Waals surface area contributed by atoms with Crippen LogP contribution in [0.25, 0.3) is 0 Å². The van der Waals surface area contributed by atoms with Gasteiger partial charge in [0, 0.05) is 45.1 Å². The zero-order chi connectivity index (χ0) is 67.6. The number of carbonyl (C=O) groups excluding carboxylic acids is 2. The largest absolute Gasteiger partial charge is 0.414 e. The maximum atomic E-state index is 15.4. The highest BCUT2D eigenvalue weighted by atomic mass is 127. The molecule has 5 fully saturated rings. The van der Waals surface area contributed by atoms with E-state index in [2.05, 4.69) is 222 Å². The van der Waals surface area contributed by atoms with Gasteiger partial charge in [0.25, 0.3) is 0 Å². The second-order valence-corrected chi connectivity index (χ2v) is 59.8. The molecule has 5 saturated heterocycles. The molecule has 516 valence electrons. The molecule has 0 N–H and O–H groups in total. The molecular weight excluding hydrogens is 1320 g/mol. The van der Waals surface area contributed by atoms with Crippen molar-refractivity contribution in [2.24, 2.45) is 11.8 Å². The number of Topliss-reactive ketones (excluding diaryl/α,β-unsaturated/α-hetero) is 1. The molecule has 0 bridgehead atoms. The Hall–Kier alpha value is -0.0656. The van der Waals surface area contributed by atoms with Crippen molar-refractivity contribution in [1.29, 1.82) is 0 Å². The summed E-state index contributed by atoms with van der Waals surface area (Å²) in [4.78, 5) is 26.6. The van der Waals surface area contributed by atoms with Gasteiger partial charge in [-0.3, -0.25) is 4.79 Å². The van der Waals surface area contributed by atoms with Gasteiger partial charge in [0.05, 0.1) is 73.8 Å². The minimum absolute atomic E-state index is 0.0158. The fourth-order valence-electron chi connectivity index (χ4n) is 12.2. The van der Waals surface area contributed by atoms with Gasteiger partial charge in [-0.2, -0.15) is 0 Å². The van der Waals surface area contributed by atoms with Crippen LogP contribution in [0.1, 0.15) is 188 Å². The normalized spacial score (nSPS) is 31.8. The van der Waals surface area contributed by atoms with Crippen molar-refractivity contribution in [2.75, 3.05) is 13.7 Å². The smallest absolute Gasteiger partial charge is 0.193 e. The molecule has 0 saturated carbocycles. The standard InChI is InChI=1S/C70H131IO13Si5/c1-46-39-51(32-34-55-47(2)40-50(76-55)31-30-38-72)77-58(48(46)3)44-59-54(61(74-19)60(79-59)43-53(81-86(22,23)67(7,8)9)45-75-85(20,21)66(4,5)6)42-49(73)41-52-33-35-56-62(78-52)64(83-88(26,27)69(13,14)15)65(84-89(28,29)70(16,17)18)63(80-56)57(36-37-71)82-87(24,25)68(10,11)12/h36-38,46,50-65H,2-3,30-35,39-45H2,1,4-29H3/b37-36+/t46-,50?,51?,52?,53?,54?,55?,56+,57+,58?,59?,60-,61-,62+,63?,64?,65?/m1/s1. The van der Waals surface area contributed by atoms with E-state index in [-0.39, 0.29) is 117 Å². The average Bonchev–Trinajstić information content (AvgIpc) is 1.32. The number of fused-ring (bicyclic) bond motifs is 1. The van der Waals surface area contributed by atoms with Crippen molar-refractivity contribution < 1.29 is 60.1 Å². The number of ether oxygens (including phenoxy) is 6. The summed E-state index contributed by atoms with van der Waals surface area (Å²) in [6, 6.07) is 0. The molecule has 5 rings (SSSR count). The third kappa shape index (κ3) is 20.5. The summed E-state index contributed by atoms with van der Waals surface area (Å²) in [6.45, 7) is 69.2. The summed E-state index contributed by atoms with van der Waals surface area (Å²) in [5.41, 5.74) is 2.15. The summed E-state index contributed by atoms with van der Waals surface area (Å²) in [7, 11) is -10.0. The van der Waals surface area contributed by atoms with E-state index in [0.29, 0.717) is 38.7 Å². The average molecular weight is 1450 g/mol. The van der Waals surface area contributed by atoms with Crippen LogP contribution < -0.4 is 0 Å². The molecule has 0 amide bonds. The lowest BCUT2D eigenvalue weighted by Gasteiger charge is -2.56. The summed E-state index contributed by atoms with van der Waals surface area (Å²) < 4.78 is 81.7. The van der Waals surface area contributed by atoms with Crippen LogP contribution in [0.5, 0.6) is 0 Å². The number of halogens is 1. The number of aldehydes is 1. The van der Waals surface area contributed by atoms with Crippen LogP contribution in [0.3, 0.4) is 0 Å². The molecule has 5 aliphatic rings. The van der Waals surface area contributed by atoms with Crippen LogP contribution in [0.2, 0.25) is 90.7 Å². The summed E-state index contributed by atoms with van der Waals surface area (Å²) in [5, 5.41) is -0.270. The molecule has 19 heteroatoms. The second-order valence-electron chi connectivity index (χ2n) is 35.2. The molecule has 0 aromatic heterocycles. The Morgan fingerprint density at radius 1 is 0.629 bits per heavy atom. The van der Waals surface area contributed by atoms with Gasteiger partial charge in [0.15, 0.2) is 41.6 Å². The number of methoxy groups -OCH3 is 1. The first-order valence-electron chi connectivity index (χ1n) is 34.2. The Kier molecular flexibility index (Phi) is 27.5. The highest BCUT2D eigenvalue weighted by Gasteiger charge is 2.59. The minimum atomic E-state index is -2.50. The Balaban J connectivity index is 1.51. The van der Waals surface area contributed by atoms with E-state index in [4.69, 9.17) is 50.6 Å². The van der Waals surface area contributed by atoms with Gasteiger partial charge >= 0.3 is 0 Å². The van der Waals surface area contributed by atoms with Gasteiger partial charge in [0.2, 0.25) is 0 Å². The van der Waals surface area contributed by atoms with Crippen molar-refractivity contribution in [3.8, 4) is 0 Å². The van der Waals surface area contributed by atoms with E-state index in [1.54, 1.807) is 7.11 Å². The Morgan fingerprint density at radius 3 is 1.72 bits per heavy atom. The molecule has 5 aliphatic heterocycles. The highest BCUT2D eigenvalue weighted by molar-refractivity contribution is 14.1. The summed E-state index contributed by atoms with van der Waals surface area (Å²) in [6.07, 6.45) is 5.88. The number of rotatable bonds is 28. The third-order valence-electron chi connectivity index (χ3n) is 23.2. The molecule has 13 nitrogen and oxygen atoms in total. The van der Waals surface area contributed by atoms with Crippen molar-refractivity contribution in [3.05, 3.63) is 34.5 Å². The third-order valence-corrected chi connectivity index (χ3v) is 46.1. The van der Waals surface area contributed by atoms with E-state index < -0.39 is 72.1 Å². The molecule has 0 aromatic rings. The number of carbonyl (C=O) groups is 2. The van der Waals surface area contributed by atoms with Crippen LogP contribution in [0.15, 0.2) is 34.5 Å². The fourth-order valence-corrected chi connectivity index (χ4v) is 18.8. The van der Waals surface area contributed by atoms with Gasteiger partial charge < -0.3 is 55.3 Å². The molecule has 0 aliphatic carbocycles. The molecule has 0 spiro atoms. The maximum Gasteiger partial charge on any atom is 0.193 e.